The van der Waals surface area contributed by atoms with Gasteiger partial charge >= 0.3 is 0 Å². The number of hydrogen-bond acceptors (Lipinski definition) is 4. The van der Waals surface area contributed by atoms with Gasteiger partial charge in [0.1, 0.15) is 11.6 Å². The predicted octanol–water partition coefficient (Wildman–Crippen LogP) is 2.90. The molecule has 2 atom stereocenters. The molecule has 2 unspecified atom stereocenters. The van der Waals surface area contributed by atoms with E-state index in [0.29, 0.717) is 0 Å². The Labute approximate surface area is 118 Å². The first-order chi connectivity index (χ1) is 9.74. The molecule has 3 rings (SSSR count). The van der Waals surface area contributed by atoms with Crippen molar-refractivity contribution in [1.29, 1.82) is 0 Å². The van der Waals surface area contributed by atoms with Crippen LogP contribution in [0.1, 0.15) is 25.7 Å². The first-order valence-corrected chi connectivity index (χ1v) is 7.24. The Kier molecular flexibility index (Phi) is 3.74. The summed E-state index contributed by atoms with van der Waals surface area (Å²) in [6.07, 6.45) is 5.82. The van der Waals surface area contributed by atoms with E-state index >= 15 is 0 Å². The normalized spacial score (nSPS) is 22.9. The van der Waals surface area contributed by atoms with Crippen molar-refractivity contribution in [3.8, 4) is 5.75 Å². The number of benzene rings is 1. The number of anilines is 1. The summed E-state index contributed by atoms with van der Waals surface area (Å²) in [5, 5.41) is 24.9. The molecule has 0 saturated heterocycles. The number of fused-ring (bicyclic) bond motifs is 1. The van der Waals surface area contributed by atoms with Crippen LogP contribution in [0.5, 0.6) is 5.75 Å². The Morgan fingerprint density at radius 3 is 2.90 bits per heavy atom. The van der Waals surface area contributed by atoms with Gasteiger partial charge < -0.3 is 15.5 Å². The third kappa shape index (κ3) is 2.70. The van der Waals surface area contributed by atoms with Gasteiger partial charge in [0.15, 0.2) is 0 Å². The van der Waals surface area contributed by atoms with E-state index in [0.717, 1.165) is 42.4 Å². The van der Waals surface area contributed by atoms with Gasteiger partial charge in [0.2, 0.25) is 0 Å². The van der Waals surface area contributed by atoms with Crippen molar-refractivity contribution >= 4 is 16.6 Å². The topological polar surface area (TPSA) is 65.4 Å². The largest absolute Gasteiger partial charge is 0.508 e. The molecular formula is C16H20N2O2. The Morgan fingerprint density at radius 2 is 2.05 bits per heavy atom. The number of aromatic hydroxyl groups is 1. The molecule has 1 aromatic heterocycles. The fraction of sp³-hybridized carbons (Fsp3) is 0.438. The molecule has 0 bridgehead atoms. The second-order valence-corrected chi connectivity index (χ2v) is 5.56. The maximum Gasteiger partial charge on any atom is 0.133 e. The molecule has 0 radical (unpaired) electrons. The van der Waals surface area contributed by atoms with Crippen LogP contribution in [0.3, 0.4) is 0 Å². The third-order valence-corrected chi connectivity index (χ3v) is 4.15. The molecule has 1 heterocycles. The van der Waals surface area contributed by atoms with Crippen molar-refractivity contribution in [3.63, 3.8) is 0 Å². The molecule has 20 heavy (non-hydrogen) atoms. The molecule has 1 aliphatic carbocycles. The number of nitrogens with one attached hydrogen (secondary N) is 1. The van der Waals surface area contributed by atoms with Crippen LogP contribution in [0.4, 0.5) is 5.82 Å². The summed E-state index contributed by atoms with van der Waals surface area (Å²) in [5.41, 5.74) is 0. The molecule has 3 N–H and O–H groups in total. The zero-order valence-corrected chi connectivity index (χ0v) is 11.4. The molecule has 1 saturated carbocycles. The number of nitrogens with zero attached hydrogens (tertiary/aromatic N) is 1. The van der Waals surface area contributed by atoms with E-state index in [2.05, 4.69) is 10.3 Å². The van der Waals surface area contributed by atoms with Gasteiger partial charge in [-0.1, -0.05) is 18.9 Å². The zero-order valence-electron chi connectivity index (χ0n) is 11.4. The second-order valence-electron chi connectivity index (χ2n) is 5.56. The van der Waals surface area contributed by atoms with Crippen molar-refractivity contribution in [3.05, 3.63) is 30.5 Å². The van der Waals surface area contributed by atoms with Crippen LogP contribution >= 0.6 is 0 Å². The Morgan fingerprint density at radius 1 is 1.20 bits per heavy atom. The third-order valence-electron chi connectivity index (χ3n) is 4.15. The molecule has 0 amide bonds. The van der Waals surface area contributed by atoms with Crippen molar-refractivity contribution in [2.45, 2.75) is 31.8 Å². The average molecular weight is 272 g/mol. The first-order valence-electron chi connectivity index (χ1n) is 7.24. The van der Waals surface area contributed by atoms with Crippen molar-refractivity contribution < 1.29 is 10.2 Å². The highest BCUT2D eigenvalue weighted by Gasteiger charge is 2.22. The monoisotopic (exact) mass is 272 g/mol. The molecule has 1 fully saturated rings. The number of rotatable bonds is 3. The van der Waals surface area contributed by atoms with Crippen LogP contribution in [0.15, 0.2) is 30.5 Å². The van der Waals surface area contributed by atoms with Gasteiger partial charge in [-0.25, -0.2) is 4.98 Å². The zero-order chi connectivity index (χ0) is 13.9. The summed E-state index contributed by atoms with van der Waals surface area (Å²) in [4.78, 5) is 4.35. The van der Waals surface area contributed by atoms with E-state index in [1.165, 1.54) is 6.42 Å². The minimum atomic E-state index is -0.209. The Hall–Kier alpha value is -1.81. The molecule has 2 aromatic rings. The lowest BCUT2D eigenvalue weighted by atomic mass is 9.86. The van der Waals surface area contributed by atoms with Gasteiger partial charge in [0.25, 0.3) is 0 Å². The van der Waals surface area contributed by atoms with Gasteiger partial charge in [0, 0.05) is 24.0 Å². The quantitative estimate of drug-likeness (QED) is 0.804. The van der Waals surface area contributed by atoms with E-state index in [1.807, 2.05) is 12.1 Å². The highest BCUT2D eigenvalue weighted by Crippen LogP contribution is 2.27. The number of aromatic nitrogens is 1. The van der Waals surface area contributed by atoms with E-state index < -0.39 is 0 Å². The van der Waals surface area contributed by atoms with E-state index in [4.69, 9.17) is 0 Å². The fourth-order valence-electron chi connectivity index (χ4n) is 2.95. The van der Waals surface area contributed by atoms with Crippen molar-refractivity contribution in [1.82, 2.24) is 4.98 Å². The molecule has 1 aromatic carbocycles. The van der Waals surface area contributed by atoms with Crippen LogP contribution in [0, 0.1) is 5.92 Å². The minimum absolute atomic E-state index is 0.209. The van der Waals surface area contributed by atoms with E-state index in [1.54, 1.807) is 18.3 Å². The number of hydrogen-bond donors (Lipinski definition) is 3. The summed E-state index contributed by atoms with van der Waals surface area (Å²) in [5.74, 6) is 1.31. The average Bonchev–Trinajstić information content (AvgIpc) is 2.46. The lowest BCUT2D eigenvalue weighted by molar-refractivity contribution is 0.0763. The molecule has 4 nitrogen and oxygen atoms in total. The van der Waals surface area contributed by atoms with Crippen molar-refractivity contribution in [2.24, 2.45) is 5.92 Å². The van der Waals surface area contributed by atoms with Crippen LogP contribution < -0.4 is 5.32 Å². The summed E-state index contributed by atoms with van der Waals surface area (Å²) in [7, 11) is 0. The predicted molar refractivity (Wildman–Crippen MR) is 79.9 cm³/mol. The molecular weight excluding hydrogens is 252 g/mol. The smallest absolute Gasteiger partial charge is 0.133 e. The lowest BCUT2D eigenvalue weighted by Crippen LogP contribution is -2.30. The van der Waals surface area contributed by atoms with E-state index in [-0.39, 0.29) is 17.8 Å². The first kappa shape index (κ1) is 13.2. The van der Waals surface area contributed by atoms with Gasteiger partial charge in [-0.2, -0.15) is 0 Å². The molecule has 0 spiro atoms. The van der Waals surface area contributed by atoms with Crippen LogP contribution in [0.2, 0.25) is 0 Å². The maximum atomic E-state index is 10.0. The van der Waals surface area contributed by atoms with Crippen LogP contribution in [0.25, 0.3) is 10.8 Å². The summed E-state index contributed by atoms with van der Waals surface area (Å²) < 4.78 is 0. The highest BCUT2D eigenvalue weighted by molar-refractivity contribution is 5.92. The standard InChI is InChI=1S/C16H20N2O2/c19-13-6-5-11-7-8-17-16(14(11)9-13)18-10-12-3-1-2-4-15(12)20/h5-9,12,15,19-20H,1-4,10H2,(H,17,18). The number of pyridine rings is 1. The van der Waals surface area contributed by atoms with Gasteiger partial charge in [-0.05, 0) is 36.4 Å². The summed E-state index contributed by atoms with van der Waals surface area (Å²) in [6, 6.07) is 7.21. The molecule has 106 valence electrons. The van der Waals surface area contributed by atoms with Gasteiger partial charge in [-0.15, -0.1) is 0 Å². The van der Waals surface area contributed by atoms with Gasteiger partial charge in [0.05, 0.1) is 6.10 Å². The lowest BCUT2D eigenvalue weighted by Gasteiger charge is -2.27. The SMILES string of the molecule is Oc1ccc2ccnc(NCC3CCCCC3O)c2c1. The molecule has 0 aliphatic heterocycles. The Bertz CT molecular complexity index is 600. The summed E-state index contributed by atoms with van der Waals surface area (Å²) >= 11 is 0. The number of aliphatic hydroxyl groups excluding tert-OH is 1. The minimum Gasteiger partial charge on any atom is -0.508 e. The van der Waals surface area contributed by atoms with Gasteiger partial charge in [-0.3, -0.25) is 0 Å². The molecule has 1 aliphatic rings. The van der Waals surface area contributed by atoms with Crippen LogP contribution in [-0.2, 0) is 0 Å². The molecule has 4 heteroatoms. The number of phenolic OH excluding ortho intramolecular Hbond substituents is 1. The second kappa shape index (κ2) is 5.67. The summed E-state index contributed by atoms with van der Waals surface area (Å²) in [6.45, 7) is 0.725. The van der Waals surface area contributed by atoms with Crippen molar-refractivity contribution in [2.75, 3.05) is 11.9 Å². The fourth-order valence-corrected chi connectivity index (χ4v) is 2.95. The number of phenols is 1. The maximum absolute atomic E-state index is 10.0. The van der Waals surface area contributed by atoms with E-state index in [9.17, 15) is 10.2 Å². The highest BCUT2D eigenvalue weighted by atomic mass is 16.3. The van der Waals surface area contributed by atoms with Crippen LogP contribution in [-0.4, -0.2) is 27.8 Å². The number of aliphatic hydroxyl groups is 1. The Balaban J connectivity index is 1.78.